The lowest BCUT2D eigenvalue weighted by Gasteiger charge is -2.09. The second-order valence-electron chi connectivity index (χ2n) is 3.02. The number of halogens is 1. The third-order valence-corrected chi connectivity index (χ3v) is 1.92. The largest absolute Gasteiger partial charge is 0.317 e. The molecule has 0 fully saturated rings. The molecule has 0 saturated carbocycles. The summed E-state index contributed by atoms with van der Waals surface area (Å²) in [7, 11) is 1.91. The zero-order valence-corrected chi connectivity index (χ0v) is 7.47. The van der Waals surface area contributed by atoms with Crippen LogP contribution >= 0.6 is 0 Å². The normalized spacial score (nSPS) is 12.9. The molecule has 1 nitrogen and oxygen atoms in total. The molecule has 1 rings (SSSR count). The standard InChI is InChI=1S/C10H14FN/c1-8(12-2)6-9-4-3-5-10(11)7-9/h3-5,7-8,12H,6H2,1-2H3. The van der Waals surface area contributed by atoms with E-state index < -0.39 is 0 Å². The minimum atomic E-state index is -0.157. The Kier molecular flexibility index (Phi) is 3.23. The topological polar surface area (TPSA) is 12.0 Å². The number of likely N-dealkylation sites (N-methyl/N-ethyl adjacent to an activating group) is 1. The molecule has 66 valence electrons. The van der Waals surface area contributed by atoms with E-state index in [0.717, 1.165) is 12.0 Å². The summed E-state index contributed by atoms with van der Waals surface area (Å²) in [5.41, 5.74) is 1.04. The third kappa shape index (κ3) is 2.62. The molecule has 0 heterocycles. The van der Waals surface area contributed by atoms with Crippen molar-refractivity contribution in [2.45, 2.75) is 19.4 Å². The van der Waals surface area contributed by atoms with Crippen LogP contribution in [0.15, 0.2) is 24.3 Å². The second kappa shape index (κ2) is 4.21. The first-order valence-corrected chi connectivity index (χ1v) is 4.14. The highest BCUT2D eigenvalue weighted by atomic mass is 19.1. The summed E-state index contributed by atoms with van der Waals surface area (Å²) in [6.07, 6.45) is 0.869. The van der Waals surface area contributed by atoms with E-state index in [1.807, 2.05) is 13.1 Å². The molecule has 12 heavy (non-hydrogen) atoms. The van der Waals surface area contributed by atoms with Crippen molar-refractivity contribution < 1.29 is 4.39 Å². The maximum atomic E-state index is 12.7. The maximum absolute atomic E-state index is 12.7. The minimum Gasteiger partial charge on any atom is -0.317 e. The van der Waals surface area contributed by atoms with Crippen LogP contribution in [0.5, 0.6) is 0 Å². The number of hydrogen-bond donors (Lipinski definition) is 1. The summed E-state index contributed by atoms with van der Waals surface area (Å²) in [6.45, 7) is 2.07. The average Bonchev–Trinajstić information content (AvgIpc) is 2.04. The van der Waals surface area contributed by atoms with Gasteiger partial charge in [-0.2, -0.15) is 0 Å². The highest BCUT2D eigenvalue weighted by Crippen LogP contribution is 2.05. The van der Waals surface area contributed by atoms with Gasteiger partial charge in [-0.15, -0.1) is 0 Å². The highest BCUT2D eigenvalue weighted by Gasteiger charge is 2.00. The van der Waals surface area contributed by atoms with Crippen LogP contribution in [-0.4, -0.2) is 13.1 Å². The van der Waals surface area contributed by atoms with E-state index in [0.29, 0.717) is 6.04 Å². The van der Waals surface area contributed by atoms with Gasteiger partial charge < -0.3 is 5.32 Å². The Morgan fingerprint density at radius 1 is 1.50 bits per heavy atom. The van der Waals surface area contributed by atoms with Crippen molar-refractivity contribution >= 4 is 0 Å². The van der Waals surface area contributed by atoms with Crippen LogP contribution in [0.25, 0.3) is 0 Å². The van der Waals surface area contributed by atoms with Gasteiger partial charge in [0.25, 0.3) is 0 Å². The molecule has 1 atom stereocenters. The molecule has 0 bridgehead atoms. The first kappa shape index (κ1) is 9.20. The van der Waals surface area contributed by atoms with E-state index in [4.69, 9.17) is 0 Å². The summed E-state index contributed by atoms with van der Waals surface area (Å²) in [6, 6.07) is 7.12. The van der Waals surface area contributed by atoms with Crippen molar-refractivity contribution in [1.29, 1.82) is 0 Å². The predicted molar refractivity (Wildman–Crippen MR) is 48.6 cm³/mol. The molecule has 0 saturated heterocycles. The zero-order valence-electron chi connectivity index (χ0n) is 7.47. The smallest absolute Gasteiger partial charge is 0.123 e. The Hall–Kier alpha value is -0.890. The minimum absolute atomic E-state index is 0.157. The van der Waals surface area contributed by atoms with Crippen LogP contribution in [0.4, 0.5) is 4.39 Å². The lowest BCUT2D eigenvalue weighted by Crippen LogP contribution is -2.23. The van der Waals surface area contributed by atoms with Gasteiger partial charge in [-0.05, 0) is 38.1 Å². The molecular formula is C10H14FN. The molecule has 1 unspecified atom stereocenters. The van der Waals surface area contributed by atoms with Crippen LogP contribution < -0.4 is 5.32 Å². The molecule has 1 aromatic carbocycles. The quantitative estimate of drug-likeness (QED) is 0.725. The first-order chi connectivity index (χ1) is 5.72. The monoisotopic (exact) mass is 167 g/mol. The van der Waals surface area contributed by atoms with Crippen molar-refractivity contribution in [2.24, 2.45) is 0 Å². The number of rotatable bonds is 3. The van der Waals surface area contributed by atoms with Crippen LogP contribution in [0, 0.1) is 5.82 Å². The van der Waals surface area contributed by atoms with Crippen molar-refractivity contribution in [3.63, 3.8) is 0 Å². The Bertz CT molecular complexity index is 247. The van der Waals surface area contributed by atoms with Crippen LogP contribution in [0.1, 0.15) is 12.5 Å². The van der Waals surface area contributed by atoms with E-state index in [-0.39, 0.29) is 5.82 Å². The first-order valence-electron chi connectivity index (χ1n) is 4.14. The zero-order chi connectivity index (χ0) is 8.97. The summed E-state index contributed by atoms with van der Waals surface area (Å²) < 4.78 is 12.7. The van der Waals surface area contributed by atoms with Gasteiger partial charge in [0.2, 0.25) is 0 Å². The lowest BCUT2D eigenvalue weighted by atomic mass is 10.1. The number of nitrogens with one attached hydrogen (secondary N) is 1. The predicted octanol–water partition coefficient (Wildman–Crippen LogP) is 1.98. The molecule has 0 aromatic heterocycles. The van der Waals surface area contributed by atoms with Gasteiger partial charge in [-0.3, -0.25) is 0 Å². The Morgan fingerprint density at radius 2 is 2.25 bits per heavy atom. The molecule has 0 radical (unpaired) electrons. The van der Waals surface area contributed by atoms with Gasteiger partial charge >= 0.3 is 0 Å². The van der Waals surface area contributed by atoms with Gasteiger partial charge in [-0.1, -0.05) is 12.1 Å². The Balaban J connectivity index is 2.63. The molecule has 0 spiro atoms. The second-order valence-corrected chi connectivity index (χ2v) is 3.02. The fraction of sp³-hybridized carbons (Fsp3) is 0.400. The summed E-state index contributed by atoms with van der Waals surface area (Å²) in [5, 5.41) is 3.11. The van der Waals surface area contributed by atoms with Gasteiger partial charge in [-0.25, -0.2) is 4.39 Å². The van der Waals surface area contributed by atoms with Crippen molar-refractivity contribution in [3.05, 3.63) is 35.6 Å². The van der Waals surface area contributed by atoms with Crippen LogP contribution in [0.2, 0.25) is 0 Å². The van der Waals surface area contributed by atoms with E-state index in [9.17, 15) is 4.39 Å². The molecule has 0 aliphatic rings. The van der Waals surface area contributed by atoms with E-state index >= 15 is 0 Å². The number of benzene rings is 1. The molecule has 2 heteroatoms. The lowest BCUT2D eigenvalue weighted by molar-refractivity contribution is 0.597. The summed E-state index contributed by atoms with van der Waals surface area (Å²) >= 11 is 0. The van der Waals surface area contributed by atoms with Crippen LogP contribution in [-0.2, 0) is 6.42 Å². The molecule has 1 aromatic rings. The van der Waals surface area contributed by atoms with E-state index in [1.165, 1.54) is 6.07 Å². The summed E-state index contributed by atoms with van der Waals surface area (Å²) in [4.78, 5) is 0. The number of hydrogen-bond acceptors (Lipinski definition) is 1. The van der Waals surface area contributed by atoms with Crippen molar-refractivity contribution in [2.75, 3.05) is 7.05 Å². The fourth-order valence-electron chi connectivity index (χ4n) is 1.12. The Labute approximate surface area is 72.6 Å². The summed E-state index contributed by atoms with van der Waals surface area (Å²) in [5.74, 6) is -0.157. The van der Waals surface area contributed by atoms with Gasteiger partial charge in [0.15, 0.2) is 0 Å². The van der Waals surface area contributed by atoms with Crippen molar-refractivity contribution in [1.82, 2.24) is 5.32 Å². The fourth-order valence-corrected chi connectivity index (χ4v) is 1.12. The molecule has 0 amide bonds. The molecular weight excluding hydrogens is 153 g/mol. The van der Waals surface area contributed by atoms with Crippen molar-refractivity contribution in [3.8, 4) is 0 Å². The highest BCUT2D eigenvalue weighted by molar-refractivity contribution is 5.17. The van der Waals surface area contributed by atoms with E-state index in [1.54, 1.807) is 12.1 Å². The van der Waals surface area contributed by atoms with Gasteiger partial charge in [0.05, 0.1) is 0 Å². The molecule has 1 N–H and O–H groups in total. The Morgan fingerprint density at radius 3 is 2.83 bits per heavy atom. The van der Waals surface area contributed by atoms with Gasteiger partial charge in [0, 0.05) is 6.04 Å². The van der Waals surface area contributed by atoms with Gasteiger partial charge in [0.1, 0.15) is 5.82 Å². The average molecular weight is 167 g/mol. The molecule has 0 aliphatic heterocycles. The SMILES string of the molecule is CNC(C)Cc1cccc(F)c1. The van der Waals surface area contributed by atoms with Crippen LogP contribution in [0.3, 0.4) is 0 Å². The third-order valence-electron chi connectivity index (χ3n) is 1.92. The molecule has 0 aliphatic carbocycles. The maximum Gasteiger partial charge on any atom is 0.123 e. The van der Waals surface area contributed by atoms with E-state index in [2.05, 4.69) is 12.2 Å².